The van der Waals surface area contributed by atoms with Crippen LogP contribution in [-0.2, 0) is 0 Å². The van der Waals surface area contributed by atoms with Gasteiger partial charge in [-0.1, -0.05) is 0 Å². The zero-order chi connectivity index (χ0) is 13.4. The summed E-state index contributed by atoms with van der Waals surface area (Å²) in [6.45, 7) is 0. The van der Waals surface area contributed by atoms with Crippen molar-refractivity contribution in [1.29, 1.82) is 5.26 Å². The molecule has 1 fully saturated rings. The Morgan fingerprint density at radius 2 is 2.26 bits per heavy atom. The summed E-state index contributed by atoms with van der Waals surface area (Å²) in [6, 6.07) is 5.05. The van der Waals surface area contributed by atoms with Crippen LogP contribution >= 0.6 is 27.3 Å². The van der Waals surface area contributed by atoms with Gasteiger partial charge in [0.05, 0.1) is 21.4 Å². The van der Waals surface area contributed by atoms with E-state index in [1.165, 1.54) is 24.2 Å². The van der Waals surface area contributed by atoms with Gasteiger partial charge in [0.1, 0.15) is 6.07 Å². The Hall–Kier alpha value is -1.45. The molecule has 0 radical (unpaired) electrons. The minimum atomic E-state index is -0.470. The van der Waals surface area contributed by atoms with Crippen LogP contribution in [0.3, 0.4) is 0 Å². The number of hydrogen-bond donors (Lipinski definition) is 1. The maximum atomic E-state index is 14.0. The van der Waals surface area contributed by atoms with Crippen molar-refractivity contribution >= 4 is 38.1 Å². The van der Waals surface area contributed by atoms with Crippen LogP contribution < -0.4 is 5.32 Å². The van der Waals surface area contributed by atoms with E-state index < -0.39 is 5.82 Å². The van der Waals surface area contributed by atoms with Crippen LogP contribution in [0.25, 0.3) is 0 Å². The summed E-state index contributed by atoms with van der Waals surface area (Å²) in [6.07, 6.45) is 2.39. The molecule has 96 valence electrons. The second-order valence-corrected chi connectivity index (χ2v) is 6.03. The number of halogens is 2. The van der Waals surface area contributed by atoms with Gasteiger partial charge in [-0.05, 0) is 40.9 Å². The molecule has 6 heteroatoms. The van der Waals surface area contributed by atoms with Crippen LogP contribution in [0.1, 0.15) is 30.0 Å². The van der Waals surface area contributed by atoms with Crippen molar-refractivity contribution in [1.82, 2.24) is 4.98 Å². The molecule has 1 heterocycles. The van der Waals surface area contributed by atoms with Crippen LogP contribution in [0, 0.1) is 17.1 Å². The first-order chi connectivity index (χ1) is 9.19. The lowest BCUT2D eigenvalue weighted by Crippen LogP contribution is -1.96. The van der Waals surface area contributed by atoms with Crippen molar-refractivity contribution < 1.29 is 4.39 Å². The molecule has 1 aliphatic carbocycles. The highest BCUT2D eigenvalue weighted by atomic mass is 79.9. The third-order valence-electron chi connectivity index (χ3n) is 2.96. The van der Waals surface area contributed by atoms with E-state index in [1.807, 2.05) is 11.4 Å². The average molecular weight is 338 g/mol. The largest absolute Gasteiger partial charge is 0.329 e. The molecule has 0 spiro atoms. The van der Waals surface area contributed by atoms with Gasteiger partial charge in [0, 0.05) is 11.3 Å². The lowest BCUT2D eigenvalue weighted by Gasteiger charge is -2.06. The number of nitrogens with one attached hydrogen (secondary N) is 1. The first-order valence-corrected chi connectivity index (χ1v) is 7.47. The Morgan fingerprint density at radius 3 is 2.95 bits per heavy atom. The van der Waals surface area contributed by atoms with E-state index in [-0.39, 0.29) is 10.0 Å². The lowest BCUT2D eigenvalue weighted by atomic mass is 10.2. The minimum Gasteiger partial charge on any atom is -0.329 e. The molecule has 19 heavy (non-hydrogen) atoms. The second kappa shape index (κ2) is 4.91. The van der Waals surface area contributed by atoms with E-state index >= 15 is 0 Å². The Bertz CT molecular complexity index is 673. The molecule has 0 unspecified atom stereocenters. The number of nitriles is 1. The summed E-state index contributed by atoms with van der Waals surface area (Å²) >= 11 is 4.56. The van der Waals surface area contributed by atoms with Gasteiger partial charge in [0.2, 0.25) is 0 Å². The molecular formula is C13H9BrFN3S. The monoisotopic (exact) mass is 337 g/mol. The molecule has 0 atom stereocenters. The van der Waals surface area contributed by atoms with E-state index in [1.54, 1.807) is 12.1 Å². The van der Waals surface area contributed by atoms with E-state index in [0.29, 0.717) is 16.7 Å². The van der Waals surface area contributed by atoms with Gasteiger partial charge in [0.15, 0.2) is 10.9 Å². The maximum absolute atomic E-state index is 14.0. The highest BCUT2D eigenvalue weighted by Gasteiger charge is 2.26. The topological polar surface area (TPSA) is 48.7 Å². The third kappa shape index (κ3) is 2.48. The van der Waals surface area contributed by atoms with Crippen molar-refractivity contribution in [3.8, 4) is 6.07 Å². The molecule has 0 saturated heterocycles. The van der Waals surface area contributed by atoms with Gasteiger partial charge in [0.25, 0.3) is 0 Å². The molecule has 1 saturated carbocycles. The van der Waals surface area contributed by atoms with Gasteiger partial charge >= 0.3 is 0 Å². The molecule has 3 rings (SSSR count). The summed E-state index contributed by atoms with van der Waals surface area (Å²) in [7, 11) is 0. The molecule has 1 aromatic carbocycles. The SMILES string of the molecule is N#Cc1ccc(Nc2nc(C3CC3)cs2)c(F)c1Br. The maximum Gasteiger partial charge on any atom is 0.187 e. The lowest BCUT2D eigenvalue weighted by molar-refractivity contribution is 0.624. The van der Waals surface area contributed by atoms with Gasteiger partial charge < -0.3 is 5.32 Å². The number of rotatable bonds is 3. The molecule has 0 aliphatic heterocycles. The molecule has 0 amide bonds. The first-order valence-electron chi connectivity index (χ1n) is 5.79. The van der Waals surface area contributed by atoms with Crippen molar-refractivity contribution in [2.24, 2.45) is 0 Å². The fourth-order valence-corrected chi connectivity index (χ4v) is 3.00. The number of benzene rings is 1. The van der Waals surface area contributed by atoms with Gasteiger partial charge in [-0.2, -0.15) is 5.26 Å². The average Bonchev–Trinajstić information content (AvgIpc) is 3.16. The van der Waals surface area contributed by atoms with Gasteiger partial charge in [-0.15, -0.1) is 11.3 Å². The second-order valence-electron chi connectivity index (χ2n) is 4.38. The fraction of sp³-hybridized carbons (Fsp3) is 0.231. The van der Waals surface area contributed by atoms with Crippen molar-refractivity contribution in [3.05, 3.63) is 39.1 Å². The Morgan fingerprint density at radius 1 is 1.47 bits per heavy atom. The Kier molecular flexibility index (Phi) is 3.25. The van der Waals surface area contributed by atoms with Crippen LogP contribution in [-0.4, -0.2) is 4.98 Å². The van der Waals surface area contributed by atoms with Gasteiger partial charge in [-0.3, -0.25) is 0 Å². The molecule has 2 aromatic rings. The zero-order valence-corrected chi connectivity index (χ0v) is 12.2. The number of thiazole rings is 1. The van der Waals surface area contributed by atoms with Crippen molar-refractivity contribution in [3.63, 3.8) is 0 Å². The molecule has 3 nitrogen and oxygen atoms in total. The van der Waals surface area contributed by atoms with Crippen molar-refractivity contribution in [2.75, 3.05) is 5.32 Å². The Labute approximate surface area is 122 Å². The fourth-order valence-electron chi connectivity index (χ4n) is 1.76. The van der Waals surface area contributed by atoms with Crippen LogP contribution in [0.4, 0.5) is 15.2 Å². The quantitative estimate of drug-likeness (QED) is 0.894. The number of anilines is 2. The summed E-state index contributed by atoms with van der Waals surface area (Å²) in [5.74, 6) is 0.117. The molecular weight excluding hydrogens is 329 g/mol. The number of nitrogens with zero attached hydrogens (tertiary/aromatic N) is 2. The van der Waals surface area contributed by atoms with Gasteiger partial charge in [-0.25, -0.2) is 9.37 Å². The van der Waals surface area contributed by atoms with E-state index in [2.05, 4.69) is 26.2 Å². The summed E-state index contributed by atoms with van der Waals surface area (Å²) in [5, 5.41) is 14.5. The van der Waals surface area contributed by atoms with Crippen molar-refractivity contribution in [2.45, 2.75) is 18.8 Å². The number of hydrogen-bond acceptors (Lipinski definition) is 4. The van der Waals surface area contributed by atoms with E-state index in [4.69, 9.17) is 5.26 Å². The summed E-state index contributed by atoms with van der Waals surface area (Å²) in [5.41, 5.74) is 1.68. The highest BCUT2D eigenvalue weighted by Crippen LogP contribution is 2.41. The highest BCUT2D eigenvalue weighted by molar-refractivity contribution is 9.10. The van der Waals surface area contributed by atoms with Crippen LogP contribution in [0.2, 0.25) is 0 Å². The Balaban J connectivity index is 1.86. The minimum absolute atomic E-state index is 0.180. The number of aromatic nitrogens is 1. The summed E-state index contributed by atoms with van der Waals surface area (Å²) in [4.78, 5) is 4.44. The third-order valence-corrected chi connectivity index (χ3v) is 4.51. The molecule has 1 N–H and O–H groups in total. The van der Waals surface area contributed by atoms with E-state index in [9.17, 15) is 4.39 Å². The predicted octanol–water partition coefficient (Wildman–Crippen LogP) is 4.54. The summed E-state index contributed by atoms with van der Waals surface area (Å²) < 4.78 is 14.2. The first kappa shape index (κ1) is 12.6. The smallest absolute Gasteiger partial charge is 0.187 e. The van der Waals surface area contributed by atoms with E-state index in [0.717, 1.165) is 5.69 Å². The van der Waals surface area contributed by atoms with Crippen LogP contribution in [0.5, 0.6) is 0 Å². The standard InChI is InChI=1S/C13H9BrFN3S/c14-11-8(5-16)3-4-9(12(11)15)17-13-18-10(6-19-13)7-1-2-7/h3-4,6-7H,1-2H2,(H,17,18). The zero-order valence-electron chi connectivity index (χ0n) is 9.78. The normalized spacial score (nSPS) is 14.2. The predicted molar refractivity (Wildman–Crippen MR) is 76.2 cm³/mol. The molecule has 0 bridgehead atoms. The van der Waals surface area contributed by atoms with Crippen LogP contribution in [0.15, 0.2) is 22.0 Å². The molecule has 1 aromatic heterocycles. The molecule has 1 aliphatic rings.